The first-order chi connectivity index (χ1) is 10.9. The largest absolute Gasteiger partial charge is 0.463 e. The Morgan fingerprint density at radius 2 is 1.83 bits per heavy atom. The molecular weight excluding hydrogens is 284 g/mol. The van der Waals surface area contributed by atoms with Gasteiger partial charge in [-0.25, -0.2) is 0 Å². The number of hydrogen-bond acceptors (Lipinski definition) is 2. The maximum Gasteiger partial charge on any atom is 0.302 e. The number of rotatable bonds is 1. The maximum atomic E-state index is 11.4. The average Bonchev–Trinajstić information content (AvgIpc) is 2.81. The molecule has 0 spiro atoms. The third-order valence-corrected chi connectivity index (χ3v) is 8.64. The highest BCUT2D eigenvalue weighted by Crippen LogP contribution is 2.66. The molecule has 4 aliphatic carbocycles. The summed E-state index contributed by atoms with van der Waals surface area (Å²) in [7, 11) is 0. The zero-order valence-corrected chi connectivity index (χ0v) is 15.3. The molecule has 0 unspecified atom stereocenters. The number of carbonyl (C=O) groups is 1. The van der Waals surface area contributed by atoms with Crippen molar-refractivity contribution in [2.45, 2.75) is 91.1 Å². The summed E-state index contributed by atoms with van der Waals surface area (Å²) >= 11 is 0. The molecule has 0 aliphatic heterocycles. The summed E-state index contributed by atoms with van der Waals surface area (Å²) in [6.45, 7) is 6.70. The summed E-state index contributed by atoms with van der Waals surface area (Å²) in [6, 6.07) is 0. The first kappa shape index (κ1) is 16.0. The minimum Gasteiger partial charge on any atom is -0.463 e. The van der Waals surface area contributed by atoms with Crippen LogP contribution in [0.25, 0.3) is 0 Å². The molecule has 4 aliphatic rings. The third-order valence-electron chi connectivity index (χ3n) is 8.64. The van der Waals surface area contributed by atoms with Gasteiger partial charge in [-0.1, -0.05) is 26.7 Å². The van der Waals surface area contributed by atoms with Crippen LogP contribution in [0, 0.1) is 34.5 Å². The molecule has 2 nitrogen and oxygen atoms in total. The lowest BCUT2D eigenvalue weighted by Gasteiger charge is -2.59. The van der Waals surface area contributed by atoms with Gasteiger partial charge in [-0.15, -0.1) is 0 Å². The summed E-state index contributed by atoms with van der Waals surface area (Å²) in [6.07, 6.45) is 14.0. The van der Waals surface area contributed by atoms with Gasteiger partial charge in [-0.05, 0) is 85.9 Å². The first-order valence-corrected chi connectivity index (χ1v) is 10.1. The zero-order chi connectivity index (χ0) is 16.2. The quantitative estimate of drug-likeness (QED) is 0.609. The second-order valence-corrected chi connectivity index (χ2v) is 9.77. The molecule has 0 aromatic carbocycles. The van der Waals surface area contributed by atoms with Crippen molar-refractivity contribution in [1.29, 1.82) is 0 Å². The van der Waals surface area contributed by atoms with Crippen molar-refractivity contribution in [3.63, 3.8) is 0 Å². The minimum absolute atomic E-state index is 0.0863. The Balaban J connectivity index is 1.57. The molecule has 130 valence electrons. The molecule has 4 fully saturated rings. The van der Waals surface area contributed by atoms with Crippen molar-refractivity contribution in [2.75, 3.05) is 0 Å². The molecule has 0 amide bonds. The summed E-state index contributed by atoms with van der Waals surface area (Å²) in [5.74, 6) is 3.54. The Bertz CT molecular complexity index is 486. The highest BCUT2D eigenvalue weighted by molar-refractivity contribution is 5.66. The van der Waals surface area contributed by atoms with Crippen LogP contribution in [0.1, 0.15) is 85.0 Å². The van der Waals surface area contributed by atoms with E-state index in [1.165, 1.54) is 51.4 Å². The van der Waals surface area contributed by atoms with Crippen LogP contribution >= 0.6 is 0 Å². The van der Waals surface area contributed by atoms with Crippen LogP contribution in [-0.4, -0.2) is 12.1 Å². The number of esters is 1. The topological polar surface area (TPSA) is 26.3 Å². The molecule has 0 saturated heterocycles. The van der Waals surface area contributed by atoms with Crippen molar-refractivity contribution in [2.24, 2.45) is 34.5 Å². The summed E-state index contributed by atoms with van der Waals surface area (Å²) < 4.78 is 5.64. The van der Waals surface area contributed by atoms with Gasteiger partial charge in [0.05, 0.1) is 0 Å². The van der Waals surface area contributed by atoms with E-state index in [0.29, 0.717) is 10.8 Å². The van der Waals surface area contributed by atoms with Gasteiger partial charge in [0.25, 0.3) is 0 Å². The Morgan fingerprint density at radius 1 is 1.00 bits per heavy atom. The number of fused-ring (bicyclic) bond motifs is 5. The average molecular weight is 319 g/mol. The van der Waals surface area contributed by atoms with Crippen LogP contribution < -0.4 is 0 Å². The minimum atomic E-state index is -0.0863. The van der Waals surface area contributed by atoms with Gasteiger partial charge in [0.1, 0.15) is 6.10 Å². The highest BCUT2D eigenvalue weighted by atomic mass is 16.5. The molecule has 23 heavy (non-hydrogen) atoms. The monoisotopic (exact) mass is 318 g/mol. The van der Waals surface area contributed by atoms with Gasteiger partial charge < -0.3 is 4.74 Å². The van der Waals surface area contributed by atoms with E-state index in [1.54, 1.807) is 6.92 Å². The molecule has 0 aromatic rings. The van der Waals surface area contributed by atoms with Gasteiger partial charge in [-0.2, -0.15) is 0 Å². The standard InChI is InChI=1S/C21H34O2/c1-14(22)23-16-12-19-17-8-7-15-6-4-5-10-21(15,3)18(17)9-11-20(19,2)13-16/h15-19H,4-13H2,1-3H3/t15-,16-,17+,18-,19-,20+,21-/m0/s1. The van der Waals surface area contributed by atoms with E-state index < -0.39 is 0 Å². The van der Waals surface area contributed by atoms with Gasteiger partial charge >= 0.3 is 5.97 Å². The zero-order valence-electron chi connectivity index (χ0n) is 15.3. The second-order valence-electron chi connectivity index (χ2n) is 9.77. The fourth-order valence-corrected chi connectivity index (χ4v) is 7.61. The summed E-state index contributed by atoms with van der Waals surface area (Å²) in [5.41, 5.74) is 1.04. The van der Waals surface area contributed by atoms with Crippen LogP contribution in [-0.2, 0) is 9.53 Å². The van der Waals surface area contributed by atoms with Crippen molar-refractivity contribution >= 4 is 5.97 Å². The molecule has 4 saturated carbocycles. The van der Waals surface area contributed by atoms with Crippen molar-refractivity contribution < 1.29 is 9.53 Å². The van der Waals surface area contributed by atoms with E-state index in [4.69, 9.17) is 4.74 Å². The van der Waals surface area contributed by atoms with E-state index in [1.807, 2.05) is 0 Å². The van der Waals surface area contributed by atoms with E-state index in [9.17, 15) is 4.79 Å². The van der Waals surface area contributed by atoms with Crippen LogP contribution in [0.15, 0.2) is 0 Å². The molecule has 0 N–H and O–H groups in total. The fraction of sp³-hybridized carbons (Fsp3) is 0.952. The Hall–Kier alpha value is -0.530. The second kappa shape index (κ2) is 5.49. The Kier molecular flexibility index (Phi) is 3.81. The van der Waals surface area contributed by atoms with Crippen LogP contribution in [0.4, 0.5) is 0 Å². The SMILES string of the molecule is CC(=O)O[C@H]1C[C@H]2[C@@H]3CC[C@@H]4CCCC[C@]4(C)[C@H]3CC[C@]2(C)C1. The lowest BCUT2D eigenvalue weighted by Crippen LogP contribution is -2.51. The van der Waals surface area contributed by atoms with Crippen molar-refractivity contribution in [1.82, 2.24) is 0 Å². The number of ether oxygens (including phenoxy) is 1. The van der Waals surface area contributed by atoms with Gasteiger partial charge in [0.15, 0.2) is 0 Å². The van der Waals surface area contributed by atoms with Crippen molar-refractivity contribution in [3.05, 3.63) is 0 Å². The Morgan fingerprint density at radius 3 is 2.61 bits per heavy atom. The van der Waals surface area contributed by atoms with E-state index in [0.717, 1.165) is 36.5 Å². The van der Waals surface area contributed by atoms with Crippen LogP contribution in [0.3, 0.4) is 0 Å². The van der Waals surface area contributed by atoms with Gasteiger partial charge in [0, 0.05) is 6.92 Å². The van der Waals surface area contributed by atoms with Gasteiger partial charge in [-0.3, -0.25) is 4.79 Å². The molecule has 0 bridgehead atoms. The molecule has 4 rings (SSSR count). The predicted octanol–water partition coefficient (Wildman–Crippen LogP) is 5.35. The molecule has 0 radical (unpaired) electrons. The highest BCUT2D eigenvalue weighted by Gasteiger charge is 2.59. The fourth-order valence-electron chi connectivity index (χ4n) is 7.61. The molecule has 2 heteroatoms. The van der Waals surface area contributed by atoms with Crippen LogP contribution in [0.2, 0.25) is 0 Å². The first-order valence-electron chi connectivity index (χ1n) is 10.1. The number of hydrogen-bond donors (Lipinski definition) is 0. The summed E-state index contributed by atoms with van der Waals surface area (Å²) in [5, 5.41) is 0. The van der Waals surface area contributed by atoms with Crippen molar-refractivity contribution in [3.8, 4) is 0 Å². The third kappa shape index (κ3) is 2.46. The van der Waals surface area contributed by atoms with E-state index >= 15 is 0 Å². The van der Waals surface area contributed by atoms with E-state index in [2.05, 4.69) is 13.8 Å². The number of carbonyl (C=O) groups excluding carboxylic acids is 1. The predicted molar refractivity (Wildman–Crippen MR) is 91.9 cm³/mol. The normalized spacial score (nSPS) is 52.2. The summed E-state index contributed by atoms with van der Waals surface area (Å²) in [4.78, 5) is 11.4. The molecule has 7 atom stereocenters. The van der Waals surface area contributed by atoms with E-state index in [-0.39, 0.29) is 12.1 Å². The molecule has 0 heterocycles. The maximum absolute atomic E-state index is 11.4. The lowest BCUT2D eigenvalue weighted by molar-refractivity contribution is -0.146. The molecule has 0 aromatic heterocycles. The van der Waals surface area contributed by atoms with Crippen LogP contribution in [0.5, 0.6) is 0 Å². The smallest absolute Gasteiger partial charge is 0.302 e. The van der Waals surface area contributed by atoms with Gasteiger partial charge in [0.2, 0.25) is 0 Å². The lowest BCUT2D eigenvalue weighted by atomic mass is 9.45. The molecular formula is C21H34O2. The Labute approximate surface area is 141 Å².